The van der Waals surface area contributed by atoms with Crippen molar-refractivity contribution in [3.63, 3.8) is 0 Å². The van der Waals surface area contributed by atoms with Gasteiger partial charge in [0.15, 0.2) is 0 Å². The highest BCUT2D eigenvalue weighted by atomic mass is 16.5. The van der Waals surface area contributed by atoms with Crippen molar-refractivity contribution in [1.82, 2.24) is 0 Å². The smallest absolute Gasteiger partial charge is 0.303 e. The van der Waals surface area contributed by atoms with Gasteiger partial charge in [0.2, 0.25) is 5.91 Å². The molecule has 1 aromatic rings. The lowest BCUT2D eigenvalue weighted by molar-refractivity contribution is -0.137. The normalized spacial score (nSPS) is 17.8. The number of amides is 1. The summed E-state index contributed by atoms with van der Waals surface area (Å²) in [5.74, 6) is -0.518. The van der Waals surface area contributed by atoms with Crippen molar-refractivity contribution in [2.45, 2.75) is 19.3 Å². The monoisotopic (exact) mass is 249 g/mol. The molecule has 1 heterocycles. The number of carboxylic acids is 1. The summed E-state index contributed by atoms with van der Waals surface area (Å²) >= 11 is 0. The summed E-state index contributed by atoms with van der Waals surface area (Å²) in [7, 11) is 1.59. The lowest BCUT2D eigenvalue weighted by Crippen LogP contribution is -2.30. The van der Waals surface area contributed by atoms with Crippen LogP contribution in [0.2, 0.25) is 0 Å². The third-order valence-electron chi connectivity index (χ3n) is 3.11. The molecular weight excluding hydrogens is 234 g/mol. The second-order valence-corrected chi connectivity index (χ2v) is 4.35. The summed E-state index contributed by atoms with van der Waals surface area (Å²) < 4.78 is 5.13. The number of benzene rings is 1. The number of carbonyl (C=O) groups excluding carboxylic acids is 1. The summed E-state index contributed by atoms with van der Waals surface area (Å²) in [5, 5.41) is 11.5. The Labute approximate surface area is 105 Å². The average molecular weight is 249 g/mol. The first-order valence-electron chi connectivity index (χ1n) is 5.79. The third kappa shape index (κ3) is 2.61. The summed E-state index contributed by atoms with van der Waals surface area (Å²) in [6, 6.07) is 5.47. The second kappa shape index (κ2) is 5.08. The number of ether oxygens (including phenoxy) is 1. The molecule has 0 spiro atoms. The van der Waals surface area contributed by atoms with Crippen LogP contribution in [-0.4, -0.2) is 24.1 Å². The zero-order valence-corrected chi connectivity index (χ0v) is 10.1. The zero-order chi connectivity index (χ0) is 13.1. The van der Waals surface area contributed by atoms with Crippen molar-refractivity contribution in [3.05, 3.63) is 23.8 Å². The van der Waals surface area contributed by atoms with Gasteiger partial charge in [-0.05, 0) is 36.6 Å². The SMILES string of the molecule is COc1ccc2c(c1)C[C@@H](CCC(=O)O)C(=O)N2. The van der Waals surface area contributed by atoms with Gasteiger partial charge in [0.05, 0.1) is 7.11 Å². The predicted octanol–water partition coefficient (Wildman–Crippen LogP) is 1.67. The molecule has 96 valence electrons. The largest absolute Gasteiger partial charge is 0.497 e. The molecule has 1 aromatic carbocycles. The molecule has 18 heavy (non-hydrogen) atoms. The zero-order valence-electron chi connectivity index (χ0n) is 10.1. The van der Waals surface area contributed by atoms with Gasteiger partial charge in [0.25, 0.3) is 0 Å². The molecular formula is C13H15NO4. The molecule has 2 rings (SSSR count). The average Bonchev–Trinajstić information content (AvgIpc) is 2.35. The minimum Gasteiger partial charge on any atom is -0.497 e. The van der Waals surface area contributed by atoms with Crippen LogP contribution < -0.4 is 10.1 Å². The molecule has 1 atom stereocenters. The van der Waals surface area contributed by atoms with Crippen molar-refractivity contribution in [1.29, 1.82) is 0 Å². The molecule has 0 fully saturated rings. The first-order valence-corrected chi connectivity index (χ1v) is 5.79. The molecule has 0 unspecified atom stereocenters. The van der Waals surface area contributed by atoms with Gasteiger partial charge in [-0.1, -0.05) is 0 Å². The van der Waals surface area contributed by atoms with Crippen LogP contribution in [0.25, 0.3) is 0 Å². The van der Waals surface area contributed by atoms with Crippen LogP contribution in [0.1, 0.15) is 18.4 Å². The molecule has 0 aliphatic carbocycles. The Kier molecular flexibility index (Phi) is 3.50. The predicted molar refractivity (Wildman–Crippen MR) is 65.7 cm³/mol. The molecule has 2 N–H and O–H groups in total. The van der Waals surface area contributed by atoms with E-state index in [0.29, 0.717) is 12.8 Å². The van der Waals surface area contributed by atoms with Crippen molar-refractivity contribution < 1.29 is 19.4 Å². The highest BCUT2D eigenvalue weighted by Gasteiger charge is 2.26. The molecule has 0 saturated carbocycles. The van der Waals surface area contributed by atoms with Crippen molar-refractivity contribution in [3.8, 4) is 5.75 Å². The number of rotatable bonds is 4. The molecule has 1 amide bonds. The van der Waals surface area contributed by atoms with E-state index in [1.54, 1.807) is 19.2 Å². The number of methoxy groups -OCH3 is 1. The Morgan fingerprint density at radius 1 is 1.56 bits per heavy atom. The van der Waals surface area contributed by atoms with Crippen LogP contribution >= 0.6 is 0 Å². The Morgan fingerprint density at radius 3 is 3.00 bits per heavy atom. The van der Waals surface area contributed by atoms with Crippen LogP contribution in [0.5, 0.6) is 5.75 Å². The van der Waals surface area contributed by atoms with E-state index in [1.807, 2.05) is 6.07 Å². The van der Waals surface area contributed by atoms with Gasteiger partial charge in [-0.15, -0.1) is 0 Å². The summed E-state index contributed by atoms with van der Waals surface area (Å²) in [6.07, 6.45) is 0.931. The molecule has 5 heteroatoms. The highest BCUT2D eigenvalue weighted by Crippen LogP contribution is 2.30. The Hall–Kier alpha value is -2.04. The van der Waals surface area contributed by atoms with E-state index in [2.05, 4.69) is 5.32 Å². The summed E-state index contributed by atoms with van der Waals surface area (Å²) in [5.41, 5.74) is 1.77. The molecule has 0 bridgehead atoms. The van der Waals surface area contributed by atoms with Crippen molar-refractivity contribution in [2.75, 3.05) is 12.4 Å². The van der Waals surface area contributed by atoms with Crippen molar-refractivity contribution >= 4 is 17.6 Å². The van der Waals surface area contributed by atoms with E-state index in [4.69, 9.17) is 9.84 Å². The maximum atomic E-state index is 11.8. The maximum Gasteiger partial charge on any atom is 0.303 e. The van der Waals surface area contributed by atoms with Gasteiger partial charge in [0, 0.05) is 18.0 Å². The van der Waals surface area contributed by atoms with Gasteiger partial charge in [-0.3, -0.25) is 9.59 Å². The number of anilines is 1. The maximum absolute atomic E-state index is 11.8. The van der Waals surface area contributed by atoms with Gasteiger partial charge < -0.3 is 15.2 Å². The number of fused-ring (bicyclic) bond motifs is 1. The quantitative estimate of drug-likeness (QED) is 0.851. The van der Waals surface area contributed by atoms with Crippen LogP contribution in [-0.2, 0) is 16.0 Å². The van der Waals surface area contributed by atoms with E-state index in [9.17, 15) is 9.59 Å². The lowest BCUT2D eigenvalue weighted by atomic mass is 9.89. The standard InChI is InChI=1S/C13H15NO4/c1-18-10-3-4-11-9(7-10)6-8(13(17)14-11)2-5-12(15)16/h3-4,7-8H,2,5-6H2,1H3,(H,14,17)(H,15,16)/t8-/m1/s1. The number of carbonyl (C=O) groups is 2. The van der Waals surface area contributed by atoms with Crippen molar-refractivity contribution in [2.24, 2.45) is 5.92 Å². The fourth-order valence-corrected chi connectivity index (χ4v) is 2.11. The third-order valence-corrected chi connectivity index (χ3v) is 3.11. The number of carboxylic acid groups (broad SMARTS) is 1. The lowest BCUT2D eigenvalue weighted by Gasteiger charge is -2.24. The van der Waals surface area contributed by atoms with Gasteiger partial charge in [0.1, 0.15) is 5.75 Å². The van der Waals surface area contributed by atoms with E-state index in [1.165, 1.54) is 0 Å². The molecule has 0 aromatic heterocycles. The van der Waals surface area contributed by atoms with E-state index in [-0.39, 0.29) is 18.2 Å². The van der Waals surface area contributed by atoms with Gasteiger partial charge in [-0.2, -0.15) is 0 Å². The fraction of sp³-hybridized carbons (Fsp3) is 0.385. The number of nitrogens with one attached hydrogen (secondary N) is 1. The molecule has 0 radical (unpaired) electrons. The molecule has 5 nitrogen and oxygen atoms in total. The fourth-order valence-electron chi connectivity index (χ4n) is 2.11. The summed E-state index contributed by atoms with van der Waals surface area (Å²) in [4.78, 5) is 22.3. The first-order chi connectivity index (χ1) is 8.60. The van der Waals surface area contributed by atoms with Crippen LogP contribution in [0, 0.1) is 5.92 Å². The second-order valence-electron chi connectivity index (χ2n) is 4.35. The van der Waals surface area contributed by atoms with Crippen LogP contribution in [0.15, 0.2) is 18.2 Å². The highest BCUT2D eigenvalue weighted by molar-refractivity contribution is 5.96. The Balaban J connectivity index is 2.14. The van der Waals surface area contributed by atoms with Gasteiger partial charge >= 0.3 is 5.97 Å². The first kappa shape index (κ1) is 12.4. The van der Waals surface area contributed by atoms with Crippen LogP contribution in [0.4, 0.5) is 5.69 Å². The summed E-state index contributed by atoms with van der Waals surface area (Å²) in [6.45, 7) is 0. The minimum absolute atomic E-state index is 0.0113. The van der Waals surface area contributed by atoms with E-state index < -0.39 is 5.97 Å². The van der Waals surface area contributed by atoms with E-state index in [0.717, 1.165) is 17.0 Å². The van der Waals surface area contributed by atoms with Crippen LogP contribution in [0.3, 0.4) is 0 Å². The van der Waals surface area contributed by atoms with E-state index >= 15 is 0 Å². The molecule has 0 saturated heterocycles. The Bertz CT molecular complexity index is 484. The molecule has 1 aliphatic rings. The number of aliphatic carboxylic acids is 1. The topological polar surface area (TPSA) is 75.6 Å². The number of hydrogen-bond acceptors (Lipinski definition) is 3. The minimum atomic E-state index is -0.876. The number of hydrogen-bond donors (Lipinski definition) is 2. The Morgan fingerprint density at radius 2 is 2.33 bits per heavy atom. The molecule has 1 aliphatic heterocycles. The van der Waals surface area contributed by atoms with Gasteiger partial charge in [-0.25, -0.2) is 0 Å².